The average molecular weight is 332 g/mol. The van der Waals surface area contributed by atoms with Crippen LogP contribution in [-0.2, 0) is 4.79 Å². The first kappa shape index (κ1) is 17.4. The second kappa shape index (κ2) is 7.51. The number of rotatable bonds is 5. The van der Waals surface area contributed by atoms with Gasteiger partial charge in [-0.1, -0.05) is 31.5 Å². The van der Waals surface area contributed by atoms with E-state index in [2.05, 4.69) is 32.2 Å². The largest absolute Gasteiger partial charge is 0.484 e. The Hall–Kier alpha value is -2.00. The normalized spacial score (nSPS) is 10.7. The third-order valence-electron chi connectivity index (χ3n) is 3.70. The molecule has 3 nitrogen and oxygen atoms in total. The molecule has 23 heavy (non-hydrogen) atoms. The molecule has 4 heteroatoms. The van der Waals surface area contributed by atoms with Gasteiger partial charge < -0.3 is 10.1 Å². The van der Waals surface area contributed by atoms with E-state index in [1.807, 2.05) is 25.1 Å². The Morgan fingerprint density at radius 1 is 1.13 bits per heavy atom. The number of anilines is 1. The zero-order valence-corrected chi connectivity index (χ0v) is 14.7. The summed E-state index contributed by atoms with van der Waals surface area (Å²) in [5.41, 5.74) is 4.13. The zero-order chi connectivity index (χ0) is 17.0. The molecule has 0 aromatic heterocycles. The number of carbonyl (C=O) groups excluding carboxylic acids is 1. The molecule has 2 aromatic carbocycles. The molecule has 122 valence electrons. The van der Waals surface area contributed by atoms with E-state index in [4.69, 9.17) is 16.3 Å². The van der Waals surface area contributed by atoms with Gasteiger partial charge in [-0.15, -0.1) is 0 Å². The van der Waals surface area contributed by atoms with Gasteiger partial charge in [0.25, 0.3) is 5.91 Å². The van der Waals surface area contributed by atoms with Gasteiger partial charge in [-0.3, -0.25) is 4.79 Å². The molecule has 0 aliphatic rings. The molecule has 0 fully saturated rings. The van der Waals surface area contributed by atoms with Crippen LogP contribution in [-0.4, -0.2) is 12.5 Å². The topological polar surface area (TPSA) is 38.3 Å². The van der Waals surface area contributed by atoms with Crippen LogP contribution in [0.25, 0.3) is 0 Å². The van der Waals surface area contributed by atoms with Crippen molar-refractivity contribution in [2.24, 2.45) is 0 Å². The molecule has 0 atom stereocenters. The summed E-state index contributed by atoms with van der Waals surface area (Å²) in [7, 11) is 0. The van der Waals surface area contributed by atoms with Crippen molar-refractivity contribution in [3.63, 3.8) is 0 Å². The lowest BCUT2D eigenvalue weighted by Crippen LogP contribution is -2.20. The maximum absolute atomic E-state index is 12.0. The molecule has 0 bridgehead atoms. The summed E-state index contributed by atoms with van der Waals surface area (Å²) in [6, 6.07) is 11.3. The second-order valence-corrected chi connectivity index (χ2v) is 6.41. The number of ether oxygens (including phenoxy) is 1. The summed E-state index contributed by atoms with van der Waals surface area (Å²) < 4.78 is 5.58. The minimum atomic E-state index is -0.194. The highest BCUT2D eigenvalue weighted by Crippen LogP contribution is 2.23. The van der Waals surface area contributed by atoms with Crippen molar-refractivity contribution < 1.29 is 9.53 Å². The molecule has 2 rings (SSSR count). The van der Waals surface area contributed by atoms with Gasteiger partial charge in [0.1, 0.15) is 5.75 Å². The molecule has 0 saturated carbocycles. The number of hydrogen-bond acceptors (Lipinski definition) is 2. The minimum Gasteiger partial charge on any atom is -0.484 e. The van der Waals surface area contributed by atoms with Crippen LogP contribution in [0.4, 0.5) is 5.69 Å². The monoisotopic (exact) mass is 331 g/mol. The maximum Gasteiger partial charge on any atom is 0.262 e. The number of nitrogens with one attached hydrogen (secondary N) is 1. The van der Waals surface area contributed by atoms with Crippen LogP contribution in [0.2, 0.25) is 5.02 Å². The van der Waals surface area contributed by atoms with Crippen LogP contribution >= 0.6 is 11.6 Å². The molecule has 0 aliphatic heterocycles. The Morgan fingerprint density at radius 2 is 1.87 bits per heavy atom. The first-order valence-electron chi connectivity index (χ1n) is 7.66. The van der Waals surface area contributed by atoms with Gasteiger partial charge in [0.05, 0.1) is 0 Å². The standard InChI is InChI=1S/C19H22ClNO2/c1-12(2)17-7-6-16(10-13(17)3)23-11-19(22)21-18-8-5-15(20)9-14(18)4/h5-10,12H,11H2,1-4H3,(H,21,22). The summed E-state index contributed by atoms with van der Waals surface area (Å²) in [4.78, 5) is 12.0. The van der Waals surface area contributed by atoms with Gasteiger partial charge in [0, 0.05) is 10.7 Å². The molecule has 0 spiro atoms. The summed E-state index contributed by atoms with van der Waals surface area (Å²) in [5.74, 6) is 0.983. The first-order chi connectivity index (χ1) is 10.9. The van der Waals surface area contributed by atoms with Crippen molar-refractivity contribution in [2.45, 2.75) is 33.6 Å². The van der Waals surface area contributed by atoms with Crippen LogP contribution in [0, 0.1) is 13.8 Å². The molecule has 2 aromatic rings. The second-order valence-electron chi connectivity index (χ2n) is 5.97. The SMILES string of the molecule is Cc1cc(Cl)ccc1NC(=O)COc1ccc(C(C)C)c(C)c1. The van der Waals surface area contributed by atoms with Crippen LogP contribution in [0.3, 0.4) is 0 Å². The van der Waals surface area contributed by atoms with Crippen molar-refractivity contribution >= 4 is 23.2 Å². The number of benzene rings is 2. The third kappa shape index (κ3) is 4.73. The van der Waals surface area contributed by atoms with Gasteiger partial charge in [-0.25, -0.2) is 0 Å². The molecular weight excluding hydrogens is 310 g/mol. The summed E-state index contributed by atoms with van der Waals surface area (Å²) in [6.07, 6.45) is 0. The van der Waals surface area contributed by atoms with Crippen molar-refractivity contribution in [3.05, 3.63) is 58.1 Å². The number of carbonyl (C=O) groups is 1. The molecule has 0 aliphatic carbocycles. The van der Waals surface area contributed by atoms with Gasteiger partial charge in [0.15, 0.2) is 6.61 Å². The van der Waals surface area contributed by atoms with E-state index in [0.29, 0.717) is 16.7 Å². The number of aryl methyl sites for hydroxylation is 2. The Labute approximate surface area is 142 Å². The lowest BCUT2D eigenvalue weighted by molar-refractivity contribution is -0.118. The van der Waals surface area contributed by atoms with Crippen molar-refractivity contribution in [2.75, 3.05) is 11.9 Å². The number of halogens is 1. The van der Waals surface area contributed by atoms with Gasteiger partial charge in [-0.05, 0) is 66.8 Å². The highest BCUT2D eigenvalue weighted by atomic mass is 35.5. The van der Waals surface area contributed by atoms with E-state index < -0.39 is 0 Å². The van der Waals surface area contributed by atoms with Crippen LogP contribution in [0.5, 0.6) is 5.75 Å². The predicted molar refractivity (Wildman–Crippen MR) is 95.6 cm³/mol. The Kier molecular flexibility index (Phi) is 5.67. The van der Waals surface area contributed by atoms with E-state index in [9.17, 15) is 4.79 Å². The number of hydrogen-bond donors (Lipinski definition) is 1. The molecule has 0 unspecified atom stereocenters. The fourth-order valence-electron chi connectivity index (χ4n) is 2.49. The maximum atomic E-state index is 12.0. The summed E-state index contributed by atoms with van der Waals surface area (Å²) >= 11 is 5.91. The molecule has 0 saturated heterocycles. The Balaban J connectivity index is 1.95. The molecular formula is C19H22ClNO2. The lowest BCUT2D eigenvalue weighted by Gasteiger charge is -2.13. The Bertz CT molecular complexity index is 711. The third-order valence-corrected chi connectivity index (χ3v) is 3.93. The first-order valence-corrected chi connectivity index (χ1v) is 8.04. The lowest BCUT2D eigenvalue weighted by atomic mass is 9.98. The minimum absolute atomic E-state index is 0.0253. The quantitative estimate of drug-likeness (QED) is 0.828. The van der Waals surface area contributed by atoms with Gasteiger partial charge in [-0.2, -0.15) is 0 Å². The van der Waals surface area contributed by atoms with Crippen molar-refractivity contribution in [1.29, 1.82) is 0 Å². The van der Waals surface area contributed by atoms with E-state index in [-0.39, 0.29) is 12.5 Å². The van der Waals surface area contributed by atoms with Gasteiger partial charge >= 0.3 is 0 Å². The zero-order valence-electron chi connectivity index (χ0n) is 13.9. The average Bonchev–Trinajstić information content (AvgIpc) is 2.48. The highest BCUT2D eigenvalue weighted by molar-refractivity contribution is 6.30. The molecule has 1 amide bonds. The van der Waals surface area contributed by atoms with Crippen molar-refractivity contribution in [1.82, 2.24) is 0 Å². The number of amides is 1. The fourth-order valence-corrected chi connectivity index (χ4v) is 2.71. The predicted octanol–water partition coefficient (Wildman–Crippen LogP) is 5.10. The van der Waals surface area contributed by atoms with Crippen LogP contribution in [0.15, 0.2) is 36.4 Å². The molecule has 1 N–H and O–H groups in total. The summed E-state index contributed by atoms with van der Waals surface area (Å²) in [6.45, 7) is 8.24. The molecule has 0 heterocycles. The molecule has 0 radical (unpaired) electrons. The van der Waals surface area contributed by atoms with E-state index in [1.54, 1.807) is 12.1 Å². The van der Waals surface area contributed by atoms with Crippen molar-refractivity contribution in [3.8, 4) is 5.75 Å². The smallest absolute Gasteiger partial charge is 0.262 e. The van der Waals surface area contributed by atoms with Crippen LogP contribution in [0.1, 0.15) is 36.5 Å². The van der Waals surface area contributed by atoms with Gasteiger partial charge in [0.2, 0.25) is 0 Å². The van der Waals surface area contributed by atoms with E-state index in [1.165, 1.54) is 11.1 Å². The Morgan fingerprint density at radius 3 is 2.48 bits per heavy atom. The summed E-state index contributed by atoms with van der Waals surface area (Å²) in [5, 5.41) is 3.48. The van der Waals surface area contributed by atoms with Crippen LogP contribution < -0.4 is 10.1 Å². The highest BCUT2D eigenvalue weighted by Gasteiger charge is 2.08. The fraction of sp³-hybridized carbons (Fsp3) is 0.316. The van der Waals surface area contributed by atoms with E-state index >= 15 is 0 Å². The van der Waals surface area contributed by atoms with E-state index in [0.717, 1.165) is 11.3 Å².